The molecular weight excluding hydrogens is 418 g/mol. The van der Waals surface area contributed by atoms with E-state index in [1.54, 1.807) is 0 Å². The van der Waals surface area contributed by atoms with Gasteiger partial charge in [-0.1, -0.05) is 98.0 Å². The zero-order valence-electron chi connectivity index (χ0n) is 23.6. The lowest BCUT2D eigenvalue weighted by Gasteiger charge is -2.22. The number of unbranched alkanes of at least 4 members (excludes halogenated alkanes) is 14. The van der Waals surface area contributed by atoms with Crippen molar-refractivity contribution >= 4 is 6.29 Å². The van der Waals surface area contributed by atoms with Gasteiger partial charge >= 0.3 is 0 Å². The van der Waals surface area contributed by atoms with Crippen LogP contribution in [0.3, 0.4) is 0 Å². The van der Waals surface area contributed by atoms with Crippen LogP contribution in [-0.4, -0.2) is 36.9 Å². The molecular formula is C31H61NO2. The van der Waals surface area contributed by atoms with Crippen molar-refractivity contribution < 1.29 is 9.53 Å². The Kier molecular flexibility index (Phi) is 26.1. The summed E-state index contributed by atoms with van der Waals surface area (Å²) in [5.74, 6) is 1.01. The largest absolute Gasteiger partial charge is 0.495 e. The van der Waals surface area contributed by atoms with E-state index in [0.29, 0.717) is 6.10 Å². The summed E-state index contributed by atoms with van der Waals surface area (Å²) in [6, 6.07) is 0. The fraction of sp³-hybridized carbons (Fsp3) is 0.903. The van der Waals surface area contributed by atoms with Crippen LogP contribution < -0.4 is 0 Å². The van der Waals surface area contributed by atoms with Gasteiger partial charge in [-0.05, 0) is 71.0 Å². The number of carbonyl (C=O) groups excluding carboxylic acids is 1. The van der Waals surface area contributed by atoms with Gasteiger partial charge in [0.25, 0.3) is 0 Å². The first-order chi connectivity index (χ1) is 16.7. The highest BCUT2D eigenvalue weighted by atomic mass is 16.5. The maximum absolute atomic E-state index is 10.4. The van der Waals surface area contributed by atoms with Crippen LogP contribution in [0, 0.1) is 0 Å². The first-order valence-electron chi connectivity index (χ1n) is 15.2. The summed E-state index contributed by atoms with van der Waals surface area (Å²) in [5, 5.41) is 0. The third kappa shape index (κ3) is 22.9. The van der Waals surface area contributed by atoms with Crippen molar-refractivity contribution in [3.8, 4) is 0 Å². The number of aldehydes is 1. The highest BCUT2D eigenvalue weighted by Crippen LogP contribution is 2.18. The van der Waals surface area contributed by atoms with Crippen LogP contribution >= 0.6 is 0 Å². The van der Waals surface area contributed by atoms with Crippen LogP contribution in [-0.2, 0) is 9.53 Å². The maximum Gasteiger partial charge on any atom is 0.119 e. The van der Waals surface area contributed by atoms with E-state index >= 15 is 0 Å². The van der Waals surface area contributed by atoms with Gasteiger partial charge in [0, 0.05) is 12.8 Å². The zero-order chi connectivity index (χ0) is 25.1. The summed E-state index contributed by atoms with van der Waals surface area (Å²) in [6.07, 6.45) is 27.5. The van der Waals surface area contributed by atoms with Crippen molar-refractivity contribution in [2.75, 3.05) is 19.6 Å². The van der Waals surface area contributed by atoms with Crippen LogP contribution in [0.15, 0.2) is 12.3 Å². The molecule has 0 saturated heterocycles. The van der Waals surface area contributed by atoms with Gasteiger partial charge < -0.3 is 14.4 Å². The van der Waals surface area contributed by atoms with E-state index in [-0.39, 0.29) is 0 Å². The summed E-state index contributed by atoms with van der Waals surface area (Å²) in [7, 11) is 0. The highest BCUT2D eigenvalue weighted by molar-refractivity contribution is 5.48. The standard InChI is InChI=1S/C31H61NO2/c1-5-8-10-14-20-25-31(7-3)34-30(4)24-19-15-13-17-22-28-32(26-9-6-2)27-21-16-11-12-18-23-29-33/h29,31H,4-28H2,1-3H3. The molecule has 0 rings (SSSR count). The molecule has 0 aromatic rings. The molecule has 1 unspecified atom stereocenters. The predicted octanol–water partition coefficient (Wildman–Crippen LogP) is 9.64. The normalized spacial score (nSPS) is 12.2. The van der Waals surface area contributed by atoms with Crippen molar-refractivity contribution in [2.45, 2.75) is 162 Å². The van der Waals surface area contributed by atoms with Gasteiger partial charge in [0.15, 0.2) is 0 Å². The first kappa shape index (κ1) is 33.2. The summed E-state index contributed by atoms with van der Waals surface area (Å²) < 4.78 is 6.16. The molecule has 34 heavy (non-hydrogen) atoms. The van der Waals surface area contributed by atoms with E-state index in [1.807, 2.05) is 0 Å². The Balaban J connectivity index is 3.78. The van der Waals surface area contributed by atoms with Gasteiger partial charge in [0.1, 0.15) is 6.29 Å². The minimum absolute atomic E-state index is 0.375. The molecule has 0 heterocycles. The Morgan fingerprint density at radius 2 is 1.24 bits per heavy atom. The molecule has 202 valence electrons. The van der Waals surface area contributed by atoms with Gasteiger partial charge in [0.2, 0.25) is 0 Å². The number of rotatable bonds is 28. The fourth-order valence-corrected chi connectivity index (χ4v) is 4.62. The van der Waals surface area contributed by atoms with Gasteiger partial charge in [-0.15, -0.1) is 0 Å². The molecule has 0 N–H and O–H groups in total. The number of nitrogens with zero attached hydrogens (tertiary/aromatic N) is 1. The van der Waals surface area contributed by atoms with E-state index in [2.05, 4.69) is 32.3 Å². The van der Waals surface area contributed by atoms with E-state index < -0.39 is 0 Å². The molecule has 0 aliphatic rings. The van der Waals surface area contributed by atoms with Crippen molar-refractivity contribution in [1.29, 1.82) is 0 Å². The van der Waals surface area contributed by atoms with Gasteiger partial charge in [0.05, 0.1) is 11.9 Å². The maximum atomic E-state index is 10.4. The number of carbonyl (C=O) groups is 1. The molecule has 0 fully saturated rings. The van der Waals surface area contributed by atoms with Gasteiger partial charge in [-0.25, -0.2) is 0 Å². The summed E-state index contributed by atoms with van der Waals surface area (Å²) >= 11 is 0. The molecule has 0 aliphatic carbocycles. The Morgan fingerprint density at radius 1 is 0.706 bits per heavy atom. The Bertz CT molecular complexity index is 437. The zero-order valence-corrected chi connectivity index (χ0v) is 23.6. The van der Waals surface area contributed by atoms with E-state index in [0.717, 1.165) is 37.7 Å². The van der Waals surface area contributed by atoms with E-state index in [9.17, 15) is 4.79 Å². The van der Waals surface area contributed by atoms with Crippen molar-refractivity contribution in [2.24, 2.45) is 0 Å². The lowest BCUT2D eigenvalue weighted by atomic mass is 10.1. The number of hydrogen-bond acceptors (Lipinski definition) is 3. The third-order valence-electron chi connectivity index (χ3n) is 6.97. The number of ether oxygens (including phenoxy) is 1. The second-order valence-electron chi connectivity index (χ2n) is 10.3. The van der Waals surface area contributed by atoms with Crippen LogP contribution in [0.5, 0.6) is 0 Å². The quantitative estimate of drug-likeness (QED) is 0.0635. The van der Waals surface area contributed by atoms with Gasteiger partial charge in [-0.3, -0.25) is 0 Å². The van der Waals surface area contributed by atoms with Crippen LogP contribution in [0.4, 0.5) is 0 Å². The number of hydrogen-bond donors (Lipinski definition) is 0. The minimum atomic E-state index is 0.375. The van der Waals surface area contributed by atoms with Crippen LogP contribution in [0.1, 0.15) is 156 Å². The average molecular weight is 480 g/mol. The second-order valence-corrected chi connectivity index (χ2v) is 10.3. The number of allylic oxidation sites excluding steroid dienone is 1. The predicted molar refractivity (Wildman–Crippen MR) is 150 cm³/mol. The highest BCUT2D eigenvalue weighted by Gasteiger charge is 2.09. The molecule has 0 saturated carbocycles. The minimum Gasteiger partial charge on any atom is -0.495 e. The SMILES string of the molecule is C=C(CCCCCCCN(CCCC)CCCCCCCC=O)OC(CC)CCCCCCC. The Labute approximate surface area is 214 Å². The van der Waals surface area contributed by atoms with Crippen molar-refractivity contribution in [1.82, 2.24) is 4.90 Å². The van der Waals surface area contributed by atoms with E-state index in [1.165, 1.54) is 129 Å². The Hall–Kier alpha value is -0.830. The molecule has 0 aromatic carbocycles. The molecule has 0 bridgehead atoms. The fourth-order valence-electron chi connectivity index (χ4n) is 4.62. The van der Waals surface area contributed by atoms with E-state index in [4.69, 9.17) is 4.74 Å². The molecule has 0 aromatic heterocycles. The summed E-state index contributed by atoms with van der Waals surface area (Å²) in [6.45, 7) is 14.8. The monoisotopic (exact) mass is 479 g/mol. The average Bonchev–Trinajstić information content (AvgIpc) is 2.84. The molecule has 1 atom stereocenters. The van der Waals surface area contributed by atoms with Crippen molar-refractivity contribution in [3.05, 3.63) is 12.3 Å². The van der Waals surface area contributed by atoms with Crippen LogP contribution in [0.25, 0.3) is 0 Å². The van der Waals surface area contributed by atoms with Crippen LogP contribution in [0.2, 0.25) is 0 Å². The van der Waals surface area contributed by atoms with Crippen molar-refractivity contribution in [3.63, 3.8) is 0 Å². The topological polar surface area (TPSA) is 29.5 Å². The smallest absolute Gasteiger partial charge is 0.119 e. The molecule has 0 spiro atoms. The van der Waals surface area contributed by atoms with Gasteiger partial charge in [-0.2, -0.15) is 0 Å². The molecule has 0 aliphatic heterocycles. The third-order valence-corrected chi connectivity index (χ3v) is 6.97. The second kappa shape index (κ2) is 26.8. The first-order valence-corrected chi connectivity index (χ1v) is 15.2. The molecule has 0 radical (unpaired) electrons. The molecule has 0 amide bonds. The lowest BCUT2D eigenvalue weighted by molar-refractivity contribution is -0.107. The Morgan fingerprint density at radius 3 is 1.85 bits per heavy atom. The lowest BCUT2D eigenvalue weighted by Crippen LogP contribution is -2.27. The molecule has 3 heteroatoms. The summed E-state index contributed by atoms with van der Waals surface area (Å²) in [5.41, 5.74) is 0. The summed E-state index contributed by atoms with van der Waals surface area (Å²) in [4.78, 5) is 13.1. The molecule has 3 nitrogen and oxygen atoms in total.